The Labute approximate surface area is 156 Å². The highest BCUT2D eigenvalue weighted by Crippen LogP contribution is 2.22. The number of morpholine rings is 1. The Morgan fingerprint density at radius 1 is 1.15 bits per heavy atom. The standard InChI is InChI=1S/C18H21ClN6O/c19-14-2-4-15(5-3-14)25-18-16(12-23-25)17(21-13-22-18)20-6-1-7-24-8-10-26-11-9-24/h2-5,12-13H,1,6-11H2,(H,20,21,22)/p+1. The first-order valence-electron chi connectivity index (χ1n) is 8.91. The Hall–Kier alpha value is -2.22. The number of aromatic nitrogens is 4. The summed E-state index contributed by atoms with van der Waals surface area (Å²) in [5.41, 5.74) is 1.70. The second-order valence-corrected chi connectivity index (χ2v) is 6.82. The maximum Gasteiger partial charge on any atom is 0.168 e. The second kappa shape index (κ2) is 7.99. The van der Waals surface area contributed by atoms with Crippen molar-refractivity contribution in [2.45, 2.75) is 6.42 Å². The summed E-state index contributed by atoms with van der Waals surface area (Å²) in [7, 11) is 0. The van der Waals surface area contributed by atoms with E-state index >= 15 is 0 Å². The summed E-state index contributed by atoms with van der Waals surface area (Å²) >= 11 is 5.97. The SMILES string of the molecule is Clc1ccc(-n2ncc3c(NCCC[NH+]4CCOCC4)ncnc32)cc1. The van der Waals surface area contributed by atoms with Gasteiger partial charge in [0.15, 0.2) is 5.65 Å². The van der Waals surface area contributed by atoms with Crippen molar-refractivity contribution < 1.29 is 9.64 Å². The predicted octanol–water partition coefficient (Wildman–Crippen LogP) is 1.19. The van der Waals surface area contributed by atoms with Gasteiger partial charge in [0.2, 0.25) is 0 Å². The molecule has 136 valence electrons. The first-order chi connectivity index (χ1) is 12.8. The molecule has 26 heavy (non-hydrogen) atoms. The van der Waals surface area contributed by atoms with Crippen LogP contribution in [-0.2, 0) is 4.74 Å². The van der Waals surface area contributed by atoms with Crippen LogP contribution in [0.1, 0.15) is 6.42 Å². The number of nitrogens with one attached hydrogen (secondary N) is 2. The lowest BCUT2D eigenvalue weighted by Gasteiger charge is -2.23. The molecule has 2 N–H and O–H groups in total. The second-order valence-electron chi connectivity index (χ2n) is 6.39. The molecule has 0 bridgehead atoms. The number of hydrogen-bond donors (Lipinski definition) is 2. The zero-order valence-corrected chi connectivity index (χ0v) is 15.2. The van der Waals surface area contributed by atoms with Gasteiger partial charge in [-0.2, -0.15) is 5.10 Å². The Bertz CT molecular complexity index is 860. The van der Waals surface area contributed by atoms with Crippen LogP contribution in [0.5, 0.6) is 0 Å². The summed E-state index contributed by atoms with van der Waals surface area (Å²) in [4.78, 5) is 10.4. The third-order valence-electron chi connectivity index (χ3n) is 4.64. The maximum absolute atomic E-state index is 5.97. The lowest BCUT2D eigenvalue weighted by molar-refractivity contribution is -0.908. The fraction of sp³-hybridized carbons (Fsp3) is 0.389. The molecule has 8 heteroatoms. The van der Waals surface area contributed by atoms with Gasteiger partial charge in [0.05, 0.1) is 37.0 Å². The lowest BCUT2D eigenvalue weighted by Crippen LogP contribution is -3.14. The average Bonchev–Trinajstić information content (AvgIpc) is 3.12. The summed E-state index contributed by atoms with van der Waals surface area (Å²) in [6, 6.07) is 7.54. The van der Waals surface area contributed by atoms with Crippen molar-refractivity contribution in [3.63, 3.8) is 0 Å². The smallest absolute Gasteiger partial charge is 0.168 e. The van der Waals surface area contributed by atoms with Gasteiger partial charge in [0.1, 0.15) is 25.2 Å². The monoisotopic (exact) mass is 373 g/mol. The first kappa shape index (κ1) is 17.2. The molecular weight excluding hydrogens is 352 g/mol. The number of anilines is 1. The predicted molar refractivity (Wildman–Crippen MR) is 101 cm³/mol. The summed E-state index contributed by atoms with van der Waals surface area (Å²) in [6.45, 7) is 5.98. The number of halogens is 1. The van der Waals surface area contributed by atoms with Crippen LogP contribution in [-0.4, -0.2) is 59.1 Å². The highest BCUT2D eigenvalue weighted by Gasteiger charge is 2.14. The normalized spacial score (nSPS) is 15.4. The molecule has 4 rings (SSSR count). The van der Waals surface area contributed by atoms with Gasteiger partial charge in [-0.1, -0.05) is 11.6 Å². The number of hydrogen-bond acceptors (Lipinski definition) is 5. The van der Waals surface area contributed by atoms with Crippen molar-refractivity contribution in [2.75, 3.05) is 44.7 Å². The molecule has 3 heterocycles. The highest BCUT2D eigenvalue weighted by atomic mass is 35.5. The molecule has 0 unspecified atom stereocenters. The first-order valence-corrected chi connectivity index (χ1v) is 9.29. The van der Waals surface area contributed by atoms with E-state index in [0.29, 0.717) is 5.02 Å². The van der Waals surface area contributed by atoms with E-state index in [4.69, 9.17) is 16.3 Å². The molecule has 1 aromatic carbocycles. The molecular formula is C18H22ClN6O+. The van der Waals surface area contributed by atoms with Crippen LogP contribution in [0, 0.1) is 0 Å². The summed E-state index contributed by atoms with van der Waals surface area (Å²) < 4.78 is 7.20. The van der Waals surface area contributed by atoms with Gasteiger partial charge in [-0.15, -0.1) is 0 Å². The lowest BCUT2D eigenvalue weighted by atomic mass is 10.3. The van der Waals surface area contributed by atoms with Gasteiger partial charge in [0, 0.05) is 18.0 Å². The van der Waals surface area contributed by atoms with Gasteiger partial charge in [-0.25, -0.2) is 14.6 Å². The largest absolute Gasteiger partial charge is 0.370 e. The Morgan fingerprint density at radius 2 is 1.96 bits per heavy atom. The number of nitrogens with zero attached hydrogens (tertiary/aromatic N) is 4. The van der Waals surface area contributed by atoms with Crippen LogP contribution in [0.25, 0.3) is 16.7 Å². The zero-order chi connectivity index (χ0) is 17.8. The van der Waals surface area contributed by atoms with E-state index in [-0.39, 0.29) is 0 Å². The van der Waals surface area contributed by atoms with Gasteiger partial charge in [-0.3, -0.25) is 0 Å². The average molecular weight is 374 g/mol. The minimum absolute atomic E-state index is 0.699. The third-order valence-corrected chi connectivity index (χ3v) is 4.89. The fourth-order valence-electron chi connectivity index (χ4n) is 3.21. The maximum atomic E-state index is 5.97. The van der Waals surface area contributed by atoms with Gasteiger partial charge in [-0.05, 0) is 24.3 Å². The molecule has 0 amide bonds. The third kappa shape index (κ3) is 3.80. The molecule has 2 aromatic heterocycles. The number of fused-ring (bicyclic) bond motifs is 1. The van der Waals surface area contributed by atoms with Crippen LogP contribution in [0.4, 0.5) is 5.82 Å². The van der Waals surface area contributed by atoms with Gasteiger partial charge in [0.25, 0.3) is 0 Å². The summed E-state index contributed by atoms with van der Waals surface area (Å²) in [5, 5.41) is 9.52. The van der Waals surface area contributed by atoms with Crippen molar-refractivity contribution in [1.82, 2.24) is 19.7 Å². The van der Waals surface area contributed by atoms with E-state index in [2.05, 4.69) is 20.4 Å². The quantitative estimate of drug-likeness (QED) is 0.635. The Morgan fingerprint density at radius 3 is 2.77 bits per heavy atom. The van der Waals surface area contributed by atoms with Gasteiger partial charge < -0.3 is 15.0 Å². The molecule has 1 saturated heterocycles. The number of rotatable bonds is 6. The molecule has 0 aliphatic carbocycles. The van der Waals surface area contributed by atoms with Crippen LogP contribution in [0.2, 0.25) is 5.02 Å². The van der Waals surface area contributed by atoms with E-state index in [9.17, 15) is 0 Å². The van der Waals surface area contributed by atoms with Gasteiger partial charge >= 0.3 is 0 Å². The molecule has 1 aliphatic rings. The molecule has 0 radical (unpaired) electrons. The minimum Gasteiger partial charge on any atom is -0.370 e. The number of quaternary nitrogens is 1. The van der Waals surface area contributed by atoms with E-state index < -0.39 is 0 Å². The molecule has 3 aromatic rings. The van der Waals surface area contributed by atoms with Crippen LogP contribution in [0.3, 0.4) is 0 Å². The van der Waals surface area contributed by atoms with E-state index in [1.165, 1.54) is 0 Å². The van der Waals surface area contributed by atoms with Crippen molar-refractivity contribution in [2.24, 2.45) is 0 Å². The van der Waals surface area contributed by atoms with Crippen molar-refractivity contribution >= 4 is 28.5 Å². The molecule has 0 spiro atoms. The number of ether oxygens (including phenoxy) is 1. The molecule has 1 fully saturated rings. The van der Waals surface area contributed by atoms with E-state index in [0.717, 1.165) is 68.4 Å². The summed E-state index contributed by atoms with van der Waals surface area (Å²) in [6.07, 6.45) is 4.47. The zero-order valence-electron chi connectivity index (χ0n) is 14.5. The fourth-order valence-corrected chi connectivity index (χ4v) is 3.34. The Kier molecular flexibility index (Phi) is 5.29. The highest BCUT2D eigenvalue weighted by molar-refractivity contribution is 6.30. The van der Waals surface area contributed by atoms with E-state index in [1.54, 1.807) is 22.1 Å². The molecule has 7 nitrogen and oxygen atoms in total. The van der Waals surface area contributed by atoms with Crippen LogP contribution >= 0.6 is 11.6 Å². The van der Waals surface area contributed by atoms with Crippen LogP contribution < -0.4 is 10.2 Å². The van der Waals surface area contributed by atoms with Crippen LogP contribution in [0.15, 0.2) is 36.8 Å². The Balaban J connectivity index is 1.44. The molecule has 1 aliphatic heterocycles. The van der Waals surface area contributed by atoms with Crippen molar-refractivity contribution in [3.05, 3.63) is 41.8 Å². The number of benzene rings is 1. The van der Waals surface area contributed by atoms with Crippen molar-refractivity contribution in [1.29, 1.82) is 0 Å². The summed E-state index contributed by atoms with van der Waals surface area (Å²) in [5.74, 6) is 0.826. The van der Waals surface area contributed by atoms with Crippen molar-refractivity contribution in [3.8, 4) is 5.69 Å². The molecule has 0 saturated carbocycles. The minimum atomic E-state index is 0.699. The molecule has 0 atom stereocenters. The van der Waals surface area contributed by atoms with E-state index in [1.807, 2.05) is 24.3 Å². The topological polar surface area (TPSA) is 69.3 Å².